The van der Waals surface area contributed by atoms with Crippen LogP contribution in [0.25, 0.3) is 6.08 Å². The van der Waals surface area contributed by atoms with E-state index in [1.54, 1.807) is 26.4 Å². The van der Waals surface area contributed by atoms with Crippen LogP contribution in [0.3, 0.4) is 0 Å². The summed E-state index contributed by atoms with van der Waals surface area (Å²) in [5.74, 6) is 1.60. The van der Waals surface area contributed by atoms with E-state index >= 15 is 0 Å². The van der Waals surface area contributed by atoms with Gasteiger partial charge in [-0.3, -0.25) is 10.1 Å². The number of hydrazone groups is 1. The average Bonchev–Trinajstić information content (AvgIpc) is 2.86. The number of nitro groups is 1. The van der Waals surface area contributed by atoms with Crippen molar-refractivity contribution < 1.29 is 14.4 Å². The number of methoxy groups -OCH3 is 2. The van der Waals surface area contributed by atoms with E-state index in [9.17, 15) is 10.1 Å². The molecular formula is C22H25N3O4. The van der Waals surface area contributed by atoms with Gasteiger partial charge in [0.05, 0.1) is 24.9 Å². The number of hydrogen-bond donors (Lipinski definition) is 1. The van der Waals surface area contributed by atoms with Crippen molar-refractivity contribution in [2.45, 2.75) is 32.2 Å². The van der Waals surface area contributed by atoms with Crippen LogP contribution in [-0.4, -0.2) is 30.9 Å². The number of benzene rings is 2. The highest BCUT2D eigenvalue weighted by molar-refractivity contribution is 6.12. The fraction of sp³-hybridized carbons (Fsp3) is 0.318. The van der Waals surface area contributed by atoms with Gasteiger partial charge in [-0.25, -0.2) is 0 Å². The molecule has 0 radical (unpaired) electrons. The molecule has 0 bridgehead atoms. The molecule has 1 N–H and O–H groups in total. The number of hydrogen-bond acceptors (Lipinski definition) is 6. The molecule has 0 fully saturated rings. The van der Waals surface area contributed by atoms with Crippen molar-refractivity contribution in [2.24, 2.45) is 5.10 Å². The van der Waals surface area contributed by atoms with E-state index in [0.29, 0.717) is 11.5 Å². The zero-order valence-electron chi connectivity index (χ0n) is 17.0. The topological polar surface area (TPSA) is 86.0 Å². The van der Waals surface area contributed by atoms with Crippen LogP contribution in [0.1, 0.15) is 42.9 Å². The molecule has 152 valence electrons. The highest BCUT2D eigenvalue weighted by Crippen LogP contribution is 2.38. The largest absolute Gasteiger partial charge is 0.493 e. The second kappa shape index (κ2) is 8.77. The predicted molar refractivity (Wildman–Crippen MR) is 114 cm³/mol. The molecule has 1 aliphatic heterocycles. The Hall–Kier alpha value is -3.35. The molecule has 7 nitrogen and oxygen atoms in total. The van der Waals surface area contributed by atoms with Crippen molar-refractivity contribution in [3.05, 3.63) is 69.3 Å². The Morgan fingerprint density at radius 3 is 2.38 bits per heavy atom. The number of non-ortho nitro benzene ring substituents is 1. The lowest BCUT2D eigenvalue weighted by molar-refractivity contribution is -0.384. The summed E-state index contributed by atoms with van der Waals surface area (Å²) in [6, 6.07) is 10.5. The maximum absolute atomic E-state index is 10.8. The molecule has 0 amide bonds. The lowest BCUT2D eigenvalue weighted by atomic mass is 9.85. The zero-order valence-corrected chi connectivity index (χ0v) is 17.0. The molecule has 1 heterocycles. The summed E-state index contributed by atoms with van der Waals surface area (Å²) in [5, 5.41) is 15.4. The highest BCUT2D eigenvalue weighted by atomic mass is 16.6. The predicted octanol–water partition coefficient (Wildman–Crippen LogP) is 4.51. The first-order valence-corrected chi connectivity index (χ1v) is 9.50. The van der Waals surface area contributed by atoms with Gasteiger partial charge in [-0.1, -0.05) is 13.0 Å². The minimum Gasteiger partial charge on any atom is -0.493 e. The molecule has 0 spiro atoms. The van der Waals surface area contributed by atoms with E-state index in [0.717, 1.165) is 28.8 Å². The van der Waals surface area contributed by atoms with Crippen LogP contribution < -0.4 is 14.9 Å². The second-order valence-corrected chi connectivity index (χ2v) is 6.91. The molecule has 29 heavy (non-hydrogen) atoms. The van der Waals surface area contributed by atoms with Gasteiger partial charge in [0.15, 0.2) is 11.5 Å². The lowest BCUT2D eigenvalue weighted by Crippen LogP contribution is -2.26. The normalized spacial score (nSPS) is 18.4. The molecule has 0 saturated heterocycles. The van der Waals surface area contributed by atoms with Crippen LogP contribution in [0.2, 0.25) is 0 Å². The fourth-order valence-electron chi connectivity index (χ4n) is 3.60. The van der Waals surface area contributed by atoms with Gasteiger partial charge < -0.3 is 14.9 Å². The second-order valence-electron chi connectivity index (χ2n) is 6.91. The van der Waals surface area contributed by atoms with E-state index in [-0.39, 0.29) is 17.6 Å². The molecule has 2 aromatic carbocycles. The highest BCUT2D eigenvalue weighted by Gasteiger charge is 2.26. The third-order valence-electron chi connectivity index (χ3n) is 5.20. The van der Waals surface area contributed by atoms with Crippen molar-refractivity contribution >= 4 is 17.5 Å². The van der Waals surface area contributed by atoms with Crippen molar-refractivity contribution in [3.63, 3.8) is 0 Å². The Bertz CT molecular complexity index is 951. The van der Waals surface area contributed by atoms with Gasteiger partial charge in [0.25, 0.3) is 5.69 Å². The smallest absolute Gasteiger partial charge is 0.269 e. The van der Waals surface area contributed by atoms with Gasteiger partial charge in [0.1, 0.15) is 0 Å². The van der Waals surface area contributed by atoms with Gasteiger partial charge in [0.2, 0.25) is 0 Å². The van der Waals surface area contributed by atoms with E-state index in [1.165, 1.54) is 12.1 Å². The van der Waals surface area contributed by atoms with Crippen LogP contribution in [-0.2, 0) is 0 Å². The number of ether oxygens (including phenoxy) is 2. The molecule has 0 aliphatic carbocycles. The molecule has 3 rings (SSSR count). The standard InChI is InChI=1S/C22H25N3O4/c1-5-17-14(2)23-24-20(11-8-15-6-9-16(10-7-15)25(26)27)19-13-22(29-4)21(28-3)12-18(17)19/h6-14,17,23H,5H2,1-4H3. The van der Waals surface area contributed by atoms with Gasteiger partial charge in [-0.2, -0.15) is 5.10 Å². The third kappa shape index (κ3) is 4.23. The summed E-state index contributed by atoms with van der Waals surface area (Å²) >= 11 is 0. The molecular weight excluding hydrogens is 370 g/mol. The minimum atomic E-state index is -0.408. The summed E-state index contributed by atoms with van der Waals surface area (Å²) < 4.78 is 11.0. The maximum atomic E-state index is 10.8. The SMILES string of the molecule is CCC1c2cc(OC)c(OC)cc2C(C=Cc2ccc([N+](=O)[O-])cc2)=NNC1C. The van der Waals surface area contributed by atoms with Crippen LogP contribution in [0, 0.1) is 10.1 Å². The Morgan fingerprint density at radius 1 is 1.14 bits per heavy atom. The third-order valence-corrected chi connectivity index (χ3v) is 5.20. The molecule has 0 saturated carbocycles. The van der Waals surface area contributed by atoms with Crippen molar-refractivity contribution in [1.82, 2.24) is 5.43 Å². The fourth-order valence-corrected chi connectivity index (χ4v) is 3.60. The van der Waals surface area contributed by atoms with Crippen molar-refractivity contribution in [1.29, 1.82) is 0 Å². The van der Waals surface area contributed by atoms with E-state index in [4.69, 9.17) is 9.47 Å². The van der Waals surface area contributed by atoms with Gasteiger partial charge in [-0.15, -0.1) is 0 Å². The lowest BCUT2D eigenvalue weighted by Gasteiger charge is -2.23. The van der Waals surface area contributed by atoms with Crippen molar-refractivity contribution in [3.8, 4) is 11.5 Å². The summed E-state index contributed by atoms with van der Waals surface area (Å²) in [6.07, 6.45) is 4.75. The Balaban J connectivity index is 2.03. The first-order valence-electron chi connectivity index (χ1n) is 9.50. The van der Waals surface area contributed by atoms with Gasteiger partial charge in [0, 0.05) is 29.7 Å². The molecule has 2 aromatic rings. The number of allylic oxidation sites excluding steroid dienone is 1. The Labute approximate surface area is 170 Å². The minimum absolute atomic E-state index is 0.0670. The number of nitro benzene ring substituents is 1. The molecule has 0 aromatic heterocycles. The molecule has 7 heteroatoms. The number of nitrogens with one attached hydrogen (secondary N) is 1. The van der Waals surface area contributed by atoms with E-state index in [1.807, 2.05) is 24.3 Å². The van der Waals surface area contributed by atoms with Gasteiger partial charge in [-0.05, 0) is 54.8 Å². The summed E-state index contributed by atoms with van der Waals surface area (Å²) in [7, 11) is 3.25. The Morgan fingerprint density at radius 2 is 1.79 bits per heavy atom. The van der Waals surface area contributed by atoms with E-state index < -0.39 is 4.92 Å². The zero-order chi connectivity index (χ0) is 21.0. The maximum Gasteiger partial charge on any atom is 0.269 e. The molecule has 1 aliphatic rings. The van der Waals surface area contributed by atoms with Crippen molar-refractivity contribution in [2.75, 3.05) is 14.2 Å². The summed E-state index contributed by atoms with van der Waals surface area (Å²) in [5.41, 5.74) is 7.05. The molecule has 2 atom stereocenters. The van der Waals surface area contributed by atoms with Gasteiger partial charge >= 0.3 is 0 Å². The average molecular weight is 395 g/mol. The first kappa shape index (κ1) is 20.4. The number of nitrogens with zero attached hydrogens (tertiary/aromatic N) is 2. The quantitative estimate of drug-likeness (QED) is 0.574. The number of fused-ring (bicyclic) bond motifs is 1. The Kier molecular flexibility index (Phi) is 6.16. The van der Waals surface area contributed by atoms with Crippen LogP contribution >= 0.6 is 0 Å². The number of rotatable bonds is 6. The first-order chi connectivity index (χ1) is 14.0. The summed E-state index contributed by atoms with van der Waals surface area (Å²) in [6.45, 7) is 4.27. The molecule has 2 unspecified atom stereocenters. The van der Waals surface area contributed by atoms with Crippen LogP contribution in [0.5, 0.6) is 11.5 Å². The van der Waals surface area contributed by atoms with Crippen LogP contribution in [0.15, 0.2) is 47.6 Å². The monoisotopic (exact) mass is 395 g/mol. The van der Waals surface area contributed by atoms with Crippen LogP contribution in [0.4, 0.5) is 5.69 Å². The van der Waals surface area contributed by atoms with E-state index in [2.05, 4.69) is 24.4 Å². The summed E-state index contributed by atoms with van der Waals surface area (Å²) in [4.78, 5) is 10.4.